The summed E-state index contributed by atoms with van der Waals surface area (Å²) in [5.41, 5.74) is 0. The molecule has 0 unspecified atom stereocenters. The van der Waals surface area contributed by atoms with Crippen molar-refractivity contribution in [2.45, 2.75) is 26.2 Å². The predicted molar refractivity (Wildman–Crippen MR) is 43.2 cm³/mol. The lowest BCUT2D eigenvalue weighted by atomic mass is 10.2. The second kappa shape index (κ2) is 5.89. The summed E-state index contributed by atoms with van der Waals surface area (Å²) in [6, 6.07) is 0. The van der Waals surface area contributed by atoms with E-state index in [-0.39, 0.29) is 5.91 Å². The van der Waals surface area contributed by atoms with Crippen LogP contribution in [0.4, 0.5) is 0 Å². The minimum atomic E-state index is 0.120. The van der Waals surface area contributed by atoms with Gasteiger partial charge in [-0.05, 0) is 13.3 Å². The van der Waals surface area contributed by atoms with Crippen LogP contribution >= 0.6 is 0 Å². The Morgan fingerprint density at radius 2 is 2.18 bits per heavy atom. The maximum Gasteiger partial charge on any atom is 0.222 e. The van der Waals surface area contributed by atoms with E-state index in [4.69, 9.17) is 0 Å². The van der Waals surface area contributed by atoms with Crippen molar-refractivity contribution < 1.29 is 9.59 Å². The molecule has 0 aliphatic carbocycles. The van der Waals surface area contributed by atoms with Crippen LogP contribution < -0.4 is 0 Å². The smallest absolute Gasteiger partial charge is 0.222 e. The Bertz CT molecular complexity index is 134. The van der Waals surface area contributed by atoms with Crippen LogP contribution in [0.1, 0.15) is 26.2 Å². The Hall–Kier alpha value is -0.860. The zero-order valence-electron chi connectivity index (χ0n) is 7.17. The first kappa shape index (κ1) is 10.1. The molecule has 3 nitrogen and oxygen atoms in total. The van der Waals surface area contributed by atoms with Gasteiger partial charge in [0.05, 0.1) is 0 Å². The maximum absolute atomic E-state index is 11.1. The zero-order valence-corrected chi connectivity index (χ0v) is 7.17. The van der Waals surface area contributed by atoms with Crippen LogP contribution in [0.3, 0.4) is 0 Å². The van der Waals surface area contributed by atoms with E-state index < -0.39 is 0 Å². The zero-order chi connectivity index (χ0) is 8.69. The van der Waals surface area contributed by atoms with E-state index in [0.717, 1.165) is 12.8 Å². The molecule has 0 heterocycles. The molecule has 0 aromatic carbocycles. The Morgan fingerprint density at radius 1 is 1.55 bits per heavy atom. The molecule has 0 saturated heterocycles. The maximum atomic E-state index is 11.1. The number of nitrogens with zero attached hydrogens (tertiary/aromatic N) is 1. The van der Waals surface area contributed by atoms with Gasteiger partial charge < -0.3 is 9.69 Å². The molecule has 64 valence electrons. The quantitative estimate of drug-likeness (QED) is 0.438. The monoisotopic (exact) mass is 157 g/mol. The molecule has 3 heteroatoms. The molecule has 0 fully saturated rings. The van der Waals surface area contributed by atoms with Gasteiger partial charge in [-0.15, -0.1) is 0 Å². The molecule has 0 bridgehead atoms. The average Bonchev–Trinajstić information content (AvgIpc) is 2.03. The molecule has 0 saturated carbocycles. The van der Waals surface area contributed by atoms with Gasteiger partial charge in [0.25, 0.3) is 0 Å². The van der Waals surface area contributed by atoms with Crippen molar-refractivity contribution in [1.82, 2.24) is 4.90 Å². The predicted octanol–water partition coefficient (Wildman–Crippen LogP) is 0.834. The highest BCUT2D eigenvalue weighted by molar-refractivity contribution is 5.76. The molecular formula is C8H15NO2. The molecule has 0 aromatic rings. The fourth-order valence-electron chi connectivity index (χ4n) is 0.704. The number of carbonyl (C=O) groups is 2. The van der Waals surface area contributed by atoms with Crippen LogP contribution in [0, 0.1) is 0 Å². The third kappa shape index (κ3) is 4.53. The molecule has 0 aliphatic rings. The SMILES string of the molecule is CCN(C)C(=O)CCCC=O. The number of hydrogen-bond donors (Lipinski definition) is 0. The van der Waals surface area contributed by atoms with Gasteiger partial charge in [0.2, 0.25) is 5.91 Å². The van der Waals surface area contributed by atoms with Crippen molar-refractivity contribution in [2.75, 3.05) is 13.6 Å². The lowest BCUT2D eigenvalue weighted by molar-refractivity contribution is -0.129. The Morgan fingerprint density at radius 3 is 2.64 bits per heavy atom. The number of aldehydes is 1. The fourth-order valence-corrected chi connectivity index (χ4v) is 0.704. The summed E-state index contributed by atoms with van der Waals surface area (Å²) in [5, 5.41) is 0. The molecule has 0 aromatic heterocycles. The van der Waals surface area contributed by atoms with E-state index in [9.17, 15) is 9.59 Å². The van der Waals surface area contributed by atoms with Crippen LogP contribution in [0.5, 0.6) is 0 Å². The molecular weight excluding hydrogens is 142 g/mol. The normalized spacial score (nSPS) is 9.27. The topological polar surface area (TPSA) is 37.4 Å². The highest BCUT2D eigenvalue weighted by Gasteiger charge is 2.04. The second-order valence-corrected chi connectivity index (χ2v) is 2.47. The molecule has 1 amide bonds. The Kier molecular flexibility index (Phi) is 5.43. The minimum Gasteiger partial charge on any atom is -0.346 e. The third-order valence-electron chi connectivity index (χ3n) is 1.61. The standard InChI is InChI=1S/C8H15NO2/c1-3-9(2)8(11)6-4-5-7-10/h7H,3-6H2,1-2H3. The molecule has 0 radical (unpaired) electrons. The van der Waals surface area contributed by atoms with Crippen LogP contribution in [-0.2, 0) is 9.59 Å². The van der Waals surface area contributed by atoms with Crippen LogP contribution in [0.15, 0.2) is 0 Å². The van der Waals surface area contributed by atoms with Gasteiger partial charge in [0, 0.05) is 26.4 Å². The Labute approximate surface area is 67.4 Å². The molecule has 0 N–H and O–H groups in total. The van der Waals surface area contributed by atoms with Gasteiger partial charge >= 0.3 is 0 Å². The summed E-state index contributed by atoms with van der Waals surface area (Å²) < 4.78 is 0. The van der Waals surface area contributed by atoms with Crippen molar-refractivity contribution in [3.63, 3.8) is 0 Å². The van der Waals surface area contributed by atoms with Crippen LogP contribution in [0.25, 0.3) is 0 Å². The molecule has 11 heavy (non-hydrogen) atoms. The van der Waals surface area contributed by atoms with Gasteiger partial charge in [0.1, 0.15) is 6.29 Å². The summed E-state index contributed by atoms with van der Waals surface area (Å²) >= 11 is 0. The highest BCUT2D eigenvalue weighted by Crippen LogP contribution is 1.96. The van der Waals surface area contributed by atoms with Gasteiger partial charge in [-0.1, -0.05) is 0 Å². The lowest BCUT2D eigenvalue weighted by Crippen LogP contribution is -2.25. The number of unbranched alkanes of at least 4 members (excludes halogenated alkanes) is 1. The van der Waals surface area contributed by atoms with Crippen molar-refractivity contribution in [1.29, 1.82) is 0 Å². The van der Waals surface area contributed by atoms with E-state index in [2.05, 4.69) is 0 Å². The van der Waals surface area contributed by atoms with Crippen molar-refractivity contribution in [3.05, 3.63) is 0 Å². The first-order valence-corrected chi connectivity index (χ1v) is 3.90. The summed E-state index contributed by atoms with van der Waals surface area (Å²) in [6.07, 6.45) is 2.50. The second-order valence-electron chi connectivity index (χ2n) is 2.47. The Balaban J connectivity index is 3.43. The summed E-state index contributed by atoms with van der Waals surface area (Å²) in [4.78, 5) is 22.6. The number of rotatable bonds is 5. The van der Waals surface area contributed by atoms with Crippen molar-refractivity contribution in [2.24, 2.45) is 0 Å². The first-order chi connectivity index (χ1) is 5.22. The summed E-state index contributed by atoms with van der Waals surface area (Å²) in [6.45, 7) is 2.66. The largest absolute Gasteiger partial charge is 0.346 e. The van der Waals surface area contributed by atoms with Gasteiger partial charge in [-0.3, -0.25) is 4.79 Å². The highest BCUT2D eigenvalue weighted by atomic mass is 16.2. The van der Waals surface area contributed by atoms with Gasteiger partial charge in [0.15, 0.2) is 0 Å². The molecule has 0 rings (SSSR count). The van der Waals surface area contributed by atoms with Crippen molar-refractivity contribution >= 4 is 12.2 Å². The van der Waals surface area contributed by atoms with E-state index in [1.54, 1.807) is 11.9 Å². The fraction of sp³-hybridized carbons (Fsp3) is 0.750. The van der Waals surface area contributed by atoms with E-state index >= 15 is 0 Å². The molecule has 0 atom stereocenters. The number of hydrogen-bond acceptors (Lipinski definition) is 2. The number of amides is 1. The third-order valence-corrected chi connectivity index (χ3v) is 1.61. The lowest BCUT2D eigenvalue weighted by Gasteiger charge is -2.13. The molecule has 0 spiro atoms. The summed E-state index contributed by atoms with van der Waals surface area (Å²) in [7, 11) is 1.77. The van der Waals surface area contributed by atoms with E-state index in [1.807, 2.05) is 6.92 Å². The van der Waals surface area contributed by atoms with Gasteiger partial charge in [-0.2, -0.15) is 0 Å². The first-order valence-electron chi connectivity index (χ1n) is 3.90. The van der Waals surface area contributed by atoms with Crippen molar-refractivity contribution in [3.8, 4) is 0 Å². The van der Waals surface area contributed by atoms with E-state index in [0.29, 0.717) is 19.3 Å². The van der Waals surface area contributed by atoms with Crippen LogP contribution in [-0.4, -0.2) is 30.7 Å². The van der Waals surface area contributed by atoms with Gasteiger partial charge in [-0.25, -0.2) is 0 Å². The van der Waals surface area contributed by atoms with Crippen LogP contribution in [0.2, 0.25) is 0 Å². The average molecular weight is 157 g/mol. The number of carbonyl (C=O) groups excluding carboxylic acids is 2. The summed E-state index contributed by atoms with van der Waals surface area (Å²) in [5.74, 6) is 0.120. The molecule has 0 aliphatic heterocycles. The minimum absolute atomic E-state index is 0.120. The van der Waals surface area contributed by atoms with E-state index in [1.165, 1.54) is 0 Å².